The number of nitrogens with one attached hydrogen (secondary N) is 1. The molecular weight excluding hydrogens is 368 g/mol. The molecule has 8 nitrogen and oxygen atoms in total. The Bertz CT molecular complexity index is 1010. The Morgan fingerprint density at radius 1 is 1.17 bits per heavy atom. The normalized spacial score (nSPS) is 26.4. The van der Waals surface area contributed by atoms with E-state index in [1.54, 1.807) is 30.1 Å². The van der Waals surface area contributed by atoms with Crippen molar-refractivity contribution in [3.63, 3.8) is 0 Å². The zero-order valence-corrected chi connectivity index (χ0v) is 16.3. The van der Waals surface area contributed by atoms with Crippen LogP contribution in [-0.4, -0.2) is 62.7 Å². The third kappa shape index (κ3) is 3.44. The molecule has 2 aliphatic rings. The smallest absolute Gasteiger partial charge is 0.254 e. The fraction of sp³-hybridized carbons (Fsp3) is 0.429. The first-order chi connectivity index (χ1) is 14.2. The van der Waals surface area contributed by atoms with Gasteiger partial charge < -0.3 is 15.0 Å². The van der Waals surface area contributed by atoms with E-state index in [2.05, 4.69) is 20.4 Å². The third-order valence-electron chi connectivity index (χ3n) is 6.23. The van der Waals surface area contributed by atoms with Crippen LogP contribution in [0.15, 0.2) is 49.1 Å². The van der Waals surface area contributed by atoms with Gasteiger partial charge in [0.15, 0.2) is 5.65 Å². The van der Waals surface area contributed by atoms with Crippen LogP contribution < -0.4 is 5.32 Å². The van der Waals surface area contributed by atoms with Gasteiger partial charge in [-0.05, 0) is 48.9 Å². The SMILES string of the molecule is CO[C@@H]1C[C@H]2CN(C(=O)c3ccn4ncnc4c3)C[C@H]2C[C@H]1Nc1ccccn1. The lowest BCUT2D eigenvalue weighted by Gasteiger charge is -2.37. The molecule has 0 aromatic carbocycles. The number of likely N-dealkylation sites (tertiary alicyclic amines) is 1. The molecule has 5 rings (SSSR count). The molecule has 1 amide bonds. The van der Waals surface area contributed by atoms with Crippen LogP contribution in [0.4, 0.5) is 5.82 Å². The van der Waals surface area contributed by atoms with Gasteiger partial charge in [-0.1, -0.05) is 6.07 Å². The molecule has 0 bridgehead atoms. The molecule has 1 aliphatic heterocycles. The van der Waals surface area contributed by atoms with Gasteiger partial charge in [0.1, 0.15) is 12.1 Å². The topological polar surface area (TPSA) is 84.7 Å². The van der Waals surface area contributed by atoms with Crippen LogP contribution in [0.1, 0.15) is 23.2 Å². The lowest BCUT2D eigenvalue weighted by Crippen LogP contribution is -2.44. The summed E-state index contributed by atoms with van der Waals surface area (Å²) in [5.41, 5.74) is 1.35. The van der Waals surface area contributed by atoms with Crippen molar-refractivity contribution in [2.75, 3.05) is 25.5 Å². The second-order valence-corrected chi connectivity index (χ2v) is 7.92. The zero-order valence-electron chi connectivity index (χ0n) is 16.3. The van der Waals surface area contributed by atoms with Crippen molar-refractivity contribution in [1.29, 1.82) is 0 Å². The molecule has 3 aromatic rings. The summed E-state index contributed by atoms with van der Waals surface area (Å²) in [7, 11) is 1.77. The minimum atomic E-state index is 0.0631. The molecule has 0 radical (unpaired) electrons. The Balaban J connectivity index is 1.30. The van der Waals surface area contributed by atoms with Gasteiger partial charge in [0, 0.05) is 38.2 Å². The summed E-state index contributed by atoms with van der Waals surface area (Å²) < 4.78 is 7.46. The van der Waals surface area contributed by atoms with E-state index in [1.165, 1.54) is 6.33 Å². The number of hydrogen-bond acceptors (Lipinski definition) is 6. The summed E-state index contributed by atoms with van der Waals surface area (Å²) in [5.74, 6) is 1.85. The molecule has 8 heteroatoms. The number of carbonyl (C=O) groups is 1. The molecule has 4 atom stereocenters. The molecule has 1 aliphatic carbocycles. The minimum absolute atomic E-state index is 0.0631. The summed E-state index contributed by atoms with van der Waals surface area (Å²) >= 11 is 0. The third-order valence-corrected chi connectivity index (χ3v) is 6.23. The Kier molecular flexibility index (Phi) is 4.63. The molecule has 1 N–H and O–H groups in total. The standard InChI is InChI=1S/C21H24N6O2/c1-29-18-9-16-12-26(21(28)14-5-7-27-20(10-14)23-13-24-27)11-15(16)8-17(18)25-19-4-2-3-6-22-19/h2-7,10,13,15-18H,8-9,11-12H2,1H3,(H,22,25)/t15-,16+,17-,18-/m1/s1. The molecule has 1 saturated carbocycles. The van der Waals surface area contributed by atoms with Gasteiger partial charge in [0.25, 0.3) is 5.91 Å². The maximum absolute atomic E-state index is 13.1. The van der Waals surface area contributed by atoms with Crippen LogP contribution in [0, 0.1) is 11.8 Å². The average Bonchev–Trinajstić information content (AvgIpc) is 3.39. The lowest BCUT2D eigenvalue weighted by atomic mass is 9.77. The van der Waals surface area contributed by atoms with Crippen molar-refractivity contribution in [3.8, 4) is 0 Å². The quantitative estimate of drug-likeness (QED) is 0.732. The lowest BCUT2D eigenvalue weighted by molar-refractivity contribution is 0.0304. The molecule has 1 saturated heterocycles. The van der Waals surface area contributed by atoms with E-state index in [1.807, 2.05) is 29.2 Å². The molecule has 150 valence electrons. The van der Waals surface area contributed by atoms with E-state index in [0.717, 1.165) is 31.7 Å². The second-order valence-electron chi connectivity index (χ2n) is 7.92. The fourth-order valence-corrected chi connectivity index (χ4v) is 4.76. The number of anilines is 1. The van der Waals surface area contributed by atoms with Crippen LogP contribution in [0.5, 0.6) is 0 Å². The highest BCUT2D eigenvalue weighted by Crippen LogP contribution is 2.38. The van der Waals surface area contributed by atoms with E-state index < -0.39 is 0 Å². The maximum Gasteiger partial charge on any atom is 0.254 e. The van der Waals surface area contributed by atoms with Crippen molar-refractivity contribution in [1.82, 2.24) is 24.5 Å². The Morgan fingerprint density at radius 2 is 2.03 bits per heavy atom. The summed E-state index contributed by atoms with van der Waals surface area (Å²) in [6, 6.07) is 9.68. The number of hydrogen-bond donors (Lipinski definition) is 1. The van der Waals surface area contributed by atoms with Crippen molar-refractivity contribution in [2.45, 2.75) is 25.0 Å². The largest absolute Gasteiger partial charge is 0.379 e. The number of amides is 1. The number of fused-ring (bicyclic) bond motifs is 2. The number of carbonyl (C=O) groups excluding carboxylic acids is 1. The monoisotopic (exact) mass is 392 g/mol. The van der Waals surface area contributed by atoms with Crippen LogP contribution in [0.2, 0.25) is 0 Å². The van der Waals surface area contributed by atoms with Crippen LogP contribution in [-0.2, 0) is 4.74 Å². The van der Waals surface area contributed by atoms with Crippen LogP contribution in [0.3, 0.4) is 0 Å². The van der Waals surface area contributed by atoms with Crippen LogP contribution in [0.25, 0.3) is 5.65 Å². The Morgan fingerprint density at radius 3 is 2.83 bits per heavy atom. The van der Waals surface area contributed by atoms with Gasteiger partial charge in [-0.15, -0.1) is 0 Å². The first-order valence-corrected chi connectivity index (χ1v) is 10.0. The second kappa shape index (κ2) is 7.44. The van der Waals surface area contributed by atoms with Crippen LogP contribution >= 0.6 is 0 Å². The van der Waals surface area contributed by atoms with Gasteiger partial charge >= 0.3 is 0 Å². The number of aromatic nitrogens is 4. The number of nitrogens with zero attached hydrogens (tertiary/aromatic N) is 5. The molecule has 29 heavy (non-hydrogen) atoms. The first-order valence-electron chi connectivity index (χ1n) is 10.0. The number of ether oxygens (including phenoxy) is 1. The predicted molar refractivity (Wildman–Crippen MR) is 108 cm³/mol. The highest BCUT2D eigenvalue weighted by atomic mass is 16.5. The number of methoxy groups -OCH3 is 1. The molecule has 4 heterocycles. The van der Waals surface area contributed by atoms with E-state index in [-0.39, 0.29) is 18.1 Å². The van der Waals surface area contributed by atoms with Gasteiger partial charge in [-0.3, -0.25) is 4.79 Å². The van der Waals surface area contributed by atoms with E-state index in [0.29, 0.717) is 23.0 Å². The van der Waals surface area contributed by atoms with Crippen molar-refractivity contribution in [2.24, 2.45) is 11.8 Å². The van der Waals surface area contributed by atoms with Gasteiger partial charge in [-0.25, -0.2) is 14.5 Å². The van der Waals surface area contributed by atoms with Gasteiger partial charge in [-0.2, -0.15) is 5.10 Å². The van der Waals surface area contributed by atoms with Crippen molar-refractivity contribution >= 4 is 17.4 Å². The van der Waals surface area contributed by atoms with E-state index >= 15 is 0 Å². The maximum atomic E-state index is 13.1. The first kappa shape index (κ1) is 18.1. The number of pyridine rings is 2. The summed E-state index contributed by atoms with van der Waals surface area (Å²) in [6.07, 6.45) is 7.09. The summed E-state index contributed by atoms with van der Waals surface area (Å²) in [4.78, 5) is 23.6. The molecule has 3 aromatic heterocycles. The van der Waals surface area contributed by atoms with Crippen molar-refractivity contribution in [3.05, 3.63) is 54.6 Å². The van der Waals surface area contributed by atoms with Gasteiger partial charge in [0.2, 0.25) is 0 Å². The minimum Gasteiger partial charge on any atom is -0.379 e. The van der Waals surface area contributed by atoms with Crippen molar-refractivity contribution < 1.29 is 9.53 Å². The van der Waals surface area contributed by atoms with E-state index in [9.17, 15) is 4.79 Å². The molecule has 0 unspecified atom stereocenters. The molecular formula is C21H24N6O2. The summed E-state index contributed by atoms with van der Waals surface area (Å²) in [5, 5.41) is 7.62. The number of rotatable bonds is 4. The average molecular weight is 392 g/mol. The Labute approximate surface area is 168 Å². The molecule has 0 spiro atoms. The highest BCUT2D eigenvalue weighted by Gasteiger charge is 2.43. The zero-order chi connectivity index (χ0) is 19.8. The summed E-state index contributed by atoms with van der Waals surface area (Å²) in [6.45, 7) is 1.55. The van der Waals surface area contributed by atoms with Gasteiger partial charge in [0.05, 0.1) is 12.1 Å². The molecule has 2 fully saturated rings. The van der Waals surface area contributed by atoms with E-state index in [4.69, 9.17) is 4.74 Å². The Hall–Kier alpha value is -3.00. The fourth-order valence-electron chi connectivity index (χ4n) is 4.76. The predicted octanol–water partition coefficient (Wildman–Crippen LogP) is 2.10. The highest BCUT2D eigenvalue weighted by molar-refractivity contribution is 5.95.